The minimum absolute atomic E-state index is 0.370. The molecule has 0 radical (unpaired) electrons. The largest absolute Gasteiger partial charge is 0.452 e. The number of nitrogens with zero attached hydrogens (tertiary/aromatic N) is 1. The molecule has 74 valence electrons. The van der Waals surface area contributed by atoms with Gasteiger partial charge in [-0.25, -0.2) is 9.69 Å². The summed E-state index contributed by atoms with van der Waals surface area (Å²) in [6.07, 6.45) is 1.62. The van der Waals surface area contributed by atoms with Gasteiger partial charge >= 0.3 is 6.09 Å². The van der Waals surface area contributed by atoms with Gasteiger partial charge in [0.15, 0.2) is 0 Å². The summed E-state index contributed by atoms with van der Waals surface area (Å²) in [5.74, 6) is 2.83. The monoisotopic (exact) mass is 295 g/mol. The van der Waals surface area contributed by atoms with Gasteiger partial charge in [0.1, 0.15) is 0 Å². The van der Waals surface area contributed by atoms with Gasteiger partial charge in [0.05, 0.1) is 11.5 Å². The fraction of sp³-hybridized carbons (Fsp3) is 0.667. The number of carbonyl (C=O) groups is 1. The van der Waals surface area contributed by atoms with Crippen molar-refractivity contribution in [1.82, 2.24) is 4.90 Å². The first-order chi connectivity index (χ1) is 6.26. The van der Waals surface area contributed by atoms with Crippen LogP contribution in [0.15, 0.2) is 0 Å². The van der Waals surface area contributed by atoms with Gasteiger partial charge in [-0.1, -0.05) is 41.9 Å². The molecule has 0 N–H and O–H groups in total. The minimum atomic E-state index is -0.370. The van der Waals surface area contributed by atoms with Crippen LogP contribution in [-0.2, 0) is 4.74 Å². The molecule has 0 aromatic carbocycles. The summed E-state index contributed by atoms with van der Waals surface area (Å²) >= 11 is 2.14. The molecule has 0 heterocycles. The molecule has 4 heteroatoms. The van der Waals surface area contributed by atoms with Crippen molar-refractivity contribution in [3.8, 4) is 12.0 Å². The van der Waals surface area contributed by atoms with Crippen LogP contribution < -0.4 is 0 Å². The zero-order chi connectivity index (χ0) is 10.1. The summed E-state index contributed by atoms with van der Waals surface area (Å²) in [5.41, 5.74) is 0. The van der Waals surface area contributed by atoms with Crippen molar-refractivity contribution in [2.24, 2.45) is 0 Å². The van der Waals surface area contributed by atoms with Crippen molar-refractivity contribution in [1.29, 1.82) is 0 Å². The zero-order valence-corrected chi connectivity index (χ0v) is 10.1. The van der Waals surface area contributed by atoms with Crippen LogP contribution in [0.5, 0.6) is 0 Å². The Bertz CT molecular complexity index is 207. The number of hydrogen-bond acceptors (Lipinski definition) is 2. The van der Waals surface area contributed by atoms with E-state index in [9.17, 15) is 4.79 Å². The molecule has 13 heavy (non-hydrogen) atoms. The molecule has 0 saturated heterocycles. The molecule has 0 aliphatic rings. The van der Waals surface area contributed by atoms with Gasteiger partial charge in [-0.3, -0.25) is 0 Å². The van der Waals surface area contributed by atoms with E-state index in [1.54, 1.807) is 0 Å². The first-order valence-electron chi connectivity index (χ1n) is 4.16. The number of hydrogen-bond donors (Lipinski definition) is 0. The number of rotatable bonds is 3. The van der Waals surface area contributed by atoms with Gasteiger partial charge < -0.3 is 4.74 Å². The first-order valence-corrected chi connectivity index (χ1v) is 5.68. The number of amides is 1. The van der Waals surface area contributed by atoms with Gasteiger partial charge in [-0.05, 0) is 6.42 Å². The quantitative estimate of drug-likeness (QED) is 0.346. The van der Waals surface area contributed by atoms with Gasteiger partial charge in [-0.15, -0.1) is 0 Å². The zero-order valence-electron chi connectivity index (χ0n) is 7.97. The molecule has 0 aromatic rings. The smallest absolute Gasteiger partial charge is 0.421 e. The summed E-state index contributed by atoms with van der Waals surface area (Å²) in [7, 11) is 1.37. The normalized spacial score (nSPS) is 8.54. The topological polar surface area (TPSA) is 29.5 Å². The summed E-state index contributed by atoms with van der Waals surface area (Å²) in [6.45, 7) is 2.72. The molecule has 0 unspecified atom stereocenters. The number of halogens is 1. The van der Waals surface area contributed by atoms with Crippen molar-refractivity contribution in [3.63, 3.8) is 0 Å². The van der Waals surface area contributed by atoms with Crippen LogP contribution in [0.1, 0.15) is 19.8 Å². The van der Waals surface area contributed by atoms with Crippen LogP contribution in [-0.4, -0.2) is 29.1 Å². The molecular weight excluding hydrogens is 281 g/mol. The fourth-order valence-corrected chi connectivity index (χ4v) is 0.915. The van der Waals surface area contributed by atoms with Crippen molar-refractivity contribution in [2.75, 3.05) is 18.1 Å². The number of carbonyl (C=O) groups excluding carboxylic acids is 1. The molecule has 0 atom stereocenters. The Labute approximate surface area is 93.0 Å². The maximum Gasteiger partial charge on any atom is 0.421 e. The van der Waals surface area contributed by atoms with Crippen LogP contribution in [0.25, 0.3) is 0 Å². The predicted octanol–water partition coefficient (Wildman–Crippen LogP) is 2.25. The van der Waals surface area contributed by atoms with E-state index in [2.05, 4.69) is 46.2 Å². The second-order valence-corrected chi connectivity index (χ2v) is 3.16. The van der Waals surface area contributed by atoms with E-state index in [0.717, 1.165) is 17.3 Å². The molecule has 0 aliphatic heterocycles. The Kier molecular flexibility index (Phi) is 7.90. The van der Waals surface area contributed by atoms with E-state index in [-0.39, 0.29) is 6.09 Å². The molecule has 0 rings (SSSR count). The lowest BCUT2D eigenvalue weighted by Crippen LogP contribution is -2.27. The van der Waals surface area contributed by atoms with Crippen LogP contribution in [0.4, 0.5) is 4.79 Å². The Balaban J connectivity index is 4.10. The SMILES string of the molecule is CCCCN(C#CCI)C(=O)OC. The molecule has 0 fully saturated rings. The van der Waals surface area contributed by atoms with E-state index in [0.29, 0.717) is 6.54 Å². The minimum Gasteiger partial charge on any atom is -0.452 e. The molecule has 1 amide bonds. The van der Waals surface area contributed by atoms with Crippen LogP contribution >= 0.6 is 22.6 Å². The van der Waals surface area contributed by atoms with Crippen molar-refractivity contribution >= 4 is 28.7 Å². The summed E-state index contributed by atoms with van der Waals surface area (Å²) in [6, 6.07) is 2.76. The summed E-state index contributed by atoms with van der Waals surface area (Å²) < 4.78 is 5.31. The average molecular weight is 295 g/mol. The van der Waals surface area contributed by atoms with Gasteiger partial charge in [0, 0.05) is 12.6 Å². The van der Waals surface area contributed by atoms with E-state index >= 15 is 0 Å². The van der Waals surface area contributed by atoms with E-state index in [1.165, 1.54) is 12.0 Å². The maximum absolute atomic E-state index is 11.1. The van der Waals surface area contributed by atoms with E-state index in [4.69, 9.17) is 0 Å². The average Bonchev–Trinajstić information content (AvgIpc) is 2.17. The third-order valence-electron chi connectivity index (χ3n) is 1.41. The highest BCUT2D eigenvalue weighted by Gasteiger charge is 2.09. The number of methoxy groups -OCH3 is 1. The Morgan fingerprint density at radius 3 is 2.77 bits per heavy atom. The van der Waals surface area contributed by atoms with E-state index in [1.807, 2.05) is 0 Å². The van der Waals surface area contributed by atoms with Crippen molar-refractivity contribution < 1.29 is 9.53 Å². The molecule has 0 bridgehead atoms. The van der Waals surface area contributed by atoms with E-state index < -0.39 is 0 Å². The Hall–Kier alpha value is -0.440. The molecule has 3 nitrogen and oxygen atoms in total. The highest BCUT2D eigenvalue weighted by molar-refractivity contribution is 14.1. The summed E-state index contributed by atoms with van der Waals surface area (Å²) in [5, 5.41) is 0. The van der Waals surface area contributed by atoms with Gasteiger partial charge in [0.2, 0.25) is 0 Å². The molecule has 0 spiro atoms. The van der Waals surface area contributed by atoms with Gasteiger partial charge in [0.25, 0.3) is 0 Å². The van der Waals surface area contributed by atoms with Crippen LogP contribution in [0.3, 0.4) is 0 Å². The first kappa shape index (κ1) is 12.6. The molecular formula is C9H14INO2. The highest BCUT2D eigenvalue weighted by atomic mass is 127. The predicted molar refractivity (Wildman–Crippen MR) is 60.7 cm³/mol. The van der Waals surface area contributed by atoms with Crippen molar-refractivity contribution in [2.45, 2.75) is 19.8 Å². The second kappa shape index (κ2) is 8.17. The third-order valence-corrected chi connectivity index (χ3v) is 1.79. The van der Waals surface area contributed by atoms with Crippen molar-refractivity contribution in [3.05, 3.63) is 0 Å². The lowest BCUT2D eigenvalue weighted by molar-refractivity contribution is 0.142. The van der Waals surface area contributed by atoms with Gasteiger partial charge in [-0.2, -0.15) is 0 Å². The third kappa shape index (κ3) is 5.75. The molecule has 0 aliphatic carbocycles. The fourth-order valence-electron chi connectivity index (χ4n) is 0.745. The number of ether oxygens (including phenoxy) is 1. The molecule has 0 aromatic heterocycles. The standard InChI is InChI=1S/C9H14INO2/c1-3-4-7-11(8-5-6-10)9(12)13-2/h3-4,6-7H2,1-2H3. The Morgan fingerprint density at radius 2 is 2.31 bits per heavy atom. The van der Waals surface area contributed by atoms with Crippen LogP contribution in [0, 0.1) is 12.0 Å². The van der Waals surface area contributed by atoms with Crippen LogP contribution in [0.2, 0.25) is 0 Å². The molecule has 0 saturated carbocycles. The lowest BCUT2D eigenvalue weighted by atomic mass is 10.3. The number of alkyl halides is 1. The maximum atomic E-state index is 11.1. The highest BCUT2D eigenvalue weighted by Crippen LogP contribution is 1.96. The lowest BCUT2D eigenvalue weighted by Gasteiger charge is -2.12. The number of unbranched alkanes of at least 4 members (excludes halogenated alkanes) is 1. The Morgan fingerprint density at radius 1 is 1.62 bits per heavy atom. The summed E-state index contributed by atoms with van der Waals surface area (Å²) in [4.78, 5) is 12.5. The second-order valence-electron chi connectivity index (χ2n) is 2.40.